The lowest BCUT2D eigenvalue weighted by atomic mass is 10.1. The molecule has 0 aliphatic carbocycles. The second-order valence-corrected chi connectivity index (χ2v) is 12.3. The molecule has 182 valence electrons. The first kappa shape index (κ1) is 25.5. The number of benzene rings is 5. The maximum Gasteiger partial charge on any atom is 0.0806 e. The molecular formula is C33H27NS3. The lowest BCUT2D eigenvalue weighted by Gasteiger charge is -2.18. The first-order valence-corrected chi connectivity index (χ1v) is 14.8. The smallest absolute Gasteiger partial charge is 0.0806 e. The minimum atomic E-state index is 0.281. The molecule has 0 aliphatic heterocycles. The van der Waals surface area contributed by atoms with Crippen LogP contribution in [-0.2, 0) is 0 Å². The molecule has 5 aromatic rings. The average Bonchev–Trinajstić information content (AvgIpc) is 2.95. The van der Waals surface area contributed by atoms with Crippen LogP contribution in [-0.4, -0.2) is 9.63 Å². The van der Waals surface area contributed by atoms with Crippen LogP contribution in [0.5, 0.6) is 0 Å². The van der Waals surface area contributed by atoms with Crippen LogP contribution in [0, 0.1) is 0 Å². The lowest BCUT2D eigenvalue weighted by molar-refractivity contribution is 1.23. The van der Waals surface area contributed by atoms with Crippen LogP contribution in [0.15, 0.2) is 165 Å². The normalized spacial score (nSPS) is 11.5. The summed E-state index contributed by atoms with van der Waals surface area (Å²) < 4.78 is 0.281. The number of hydrogen-bond donors (Lipinski definition) is 0. The number of aliphatic imine (C=N–C) groups is 1. The fourth-order valence-electron chi connectivity index (χ4n) is 3.79. The quantitative estimate of drug-likeness (QED) is 0.0809. The predicted molar refractivity (Wildman–Crippen MR) is 164 cm³/mol. The minimum absolute atomic E-state index is 0.281. The van der Waals surface area contributed by atoms with Crippen LogP contribution in [0.2, 0.25) is 0 Å². The topological polar surface area (TPSA) is 12.4 Å². The Morgan fingerprint density at radius 3 is 1.43 bits per heavy atom. The lowest BCUT2D eigenvalue weighted by Crippen LogP contribution is -2.05. The molecule has 1 nitrogen and oxygen atoms in total. The fourth-order valence-corrected chi connectivity index (χ4v) is 7.54. The molecule has 4 heteroatoms. The molecule has 0 aromatic heterocycles. The van der Waals surface area contributed by atoms with Gasteiger partial charge in [0.15, 0.2) is 0 Å². The molecule has 0 bridgehead atoms. The third-order valence-electron chi connectivity index (χ3n) is 5.57. The van der Waals surface area contributed by atoms with Gasteiger partial charge < -0.3 is 0 Å². The van der Waals surface area contributed by atoms with E-state index in [-0.39, 0.29) is 4.58 Å². The van der Waals surface area contributed by atoms with Crippen LogP contribution >= 0.6 is 35.3 Å². The van der Waals surface area contributed by atoms with Gasteiger partial charge in [0.2, 0.25) is 0 Å². The summed E-state index contributed by atoms with van der Waals surface area (Å²) in [5.74, 6) is 0. The molecule has 0 aliphatic rings. The summed E-state index contributed by atoms with van der Waals surface area (Å²) in [4.78, 5) is 8.91. The Balaban J connectivity index is 1.43. The van der Waals surface area contributed by atoms with E-state index in [9.17, 15) is 0 Å². The molecule has 0 saturated heterocycles. The van der Waals surface area contributed by atoms with E-state index in [4.69, 9.17) is 4.99 Å². The van der Waals surface area contributed by atoms with E-state index in [0.717, 1.165) is 17.2 Å². The first-order valence-electron chi connectivity index (χ1n) is 12.2. The van der Waals surface area contributed by atoms with Crippen molar-refractivity contribution in [2.45, 2.75) is 25.7 Å². The Hall–Kier alpha value is -3.18. The summed E-state index contributed by atoms with van der Waals surface area (Å²) in [5.41, 5.74) is 3.40. The van der Waals surface area contributed by atoms with Gasteiger partial charge in [-0.05, 0) is 59.7 Å². The van der Waals surface area contributed by atoms with E-state index in [1.807, 2.05) is 29.6 Å². The predicted octanol–water partition coefficient (Wildman–Crippen LogP) is 10.5. The van der Waals surface area contributed by atoms with E-state index in [1.54, 1.807) is 11.8 Å². The molecule has 5 aromatic carbocycles. The van der Waals surface area contributed by atoms with Crippen LogP contribution < -0.4 is 0 Å². The van der Waals surface area contributed by atoms with Crippen LogP contribution in [0.3, 0.4) is 0 Å². The molecule has 0 fully saturated rings. The summed E-state index contributed by atoms with van der Waals surface area (Å²) in [6.07, 6.45) is 0.846. The highest BCUT2D eigenvalue weighted by Crippen LogP contribution is 2.40. The zero-order chi connectivity index (χ0) is 25.1. The minimum Gasteiger partial charge on any atom is -0.246 e. The van der Waals surface area contributed by atoms with Crippen molar-refractivity contribution in [2.75, 3.05) is 0 Å². The van der Waals surface area contributed by atoms with Crippen molar-refractivity contribution in [3.8, 4) is 11.1 Å². The SMILES string of the molecule is c1ccc(SC(CC(Sc2ccccc2)Sc2ccccc2)=Nc2ccc(-c3ccccc3)cc2)cc1. The summed E-state index contributed by atoms with van der Waals surface area (Å²) in [5, 5.41) is 1.11. The van der Waals surface area contributed by atoms with Gasteiger partial charge in [-0.3, -0.25) is 0 Å². The van der Waals surface area contributed by atoms with Crippen LogP contribution in [0.25, 0.3) is 11.1 Å². The Morgan fingerprint density at radius 1 is 0.486 bits per heavy atom. The third kappa shape index (κ3) is 7.90. The molecule has 37 heavy (non-hydrogen) atoms. The van der Waals surface area contributed by atoms with Crippen molar-refractivity contribution in [3.05, 3.63) is 146 Å². The summed E-state index contributed by atoms with van der Waals surface area (Å²) in [7, 11) is 0. The molecule has 0 heterocycles. The maximum atomic E-state index is 5.16. The molecular weight excluding hydrogens is 507 g/mol. The zero-order valence-electron chi connectivity index (χ0n) is 20.3. The molecule has 0 unspecified atom stereocenters. The van der Waals surface area contributed by atoms with Gasteiger partial charge in [-0.15, -0.1) is 23.5 Å². The zero-order valence-corrected chi connectivity index (χ0v) is 22.8. The molecule has 0 spiro atoms. The van der Waals surface area contributed by atoms with Gasteiger partial charge in [-0.2, -0.15) is 0 Å². The van der Waals surface area contributed by atoms with Crippen molar-refractivity contribution in [1.29, 1.82) is 0 Å². The van der Waals surface area contributed by atoms with Gasteiger partial charge >= 0.3 is 0 Å². The Kier molecular flexibility index (Phi) is 9.22. The van der Waals surface area contributed by atoms with E-state index in [0.29, 0.717) is 0 Å². The van der Waals surface area contributed by atoms with E-state index in [2.05, 4.69) is 140 Å². The van der Waals surface area contributed by atoms with Crippen LogP contribution in [0.4, 0.5) is 5.69 Å². The molecule has 0 amide bonds. The van der Waals surface area contributed by atoms with Gasteiger partial charge in [-0.1, -0.05) is 109 Å². The highest BCUT2D eigenvalue weighted by molar-refractivity contribution is 8.17. The molecule has 0 radical (unpaired) electrons. The molecule has 5 rings (SSSR count). The largest absolute Gasteiger partial charge is 0.246 e. The van der Waals surface area contributed by atoms with Crippen molar-refractivity contribution < 1.29 is 0 Å². The second kappa shape index (κ2) is 13.4. The maximum absolute atomic E-state index is 5.16. The van der Waals surface area contributed by atoms with E-state index in [1.165, 1.54) is 25.8 Å². The van der Waals surface area contributed by atoms with Crippen molar-refractivity contribution >= 4 is 46.0 Å². The van der Waals surface area contributed by atoms with Gasteiger partial charge in [0.25, 0.3) is 0 Å². The van der Waals surface area contributed by atoms with E-state index >= 15 is 0 Å². The molecule has 0 saturated carbocycles. The van der Waals surface area contributed by atoms with Gasteiger partial charge in [0, 0.05) is 21.1 Å². The van der Waals surface area contributed by atoms with Gasteiger partial charge in [-0.25, -0.2) is 4.99 Å². The highest BCUT2D eigenvalue weighted by Gasteiger charge is 2.17. The van der Waals surface area contributed by atoms with Gasteiger partial charge in [0.1, 0.15) is 0 Å². The Morgan fingerprint density at radius 2 is 0.919 bits per heavy atom. The second-order valence-electron chi connectivity index (χ2n) is 8.33. The monoisotopic (exact) mass is 533 g/mol. The average molecular weight is 534 g/mol. The summed E-state index contributed by atoms with van der Waals surface area (Å²) in [6, 6.07) is 50.9. The fraction of sp³-hybridized carbons (Fsp3) is 0.0606. The first-order chi connectivity index (χ1) is 18.3. The summed E-state index contributed by atoms with van der Waals surface area (Å²) in [6.45, 7) is 0. The van der Waals surface area contributed by atoms with Crippen molar-refractivity contribution in [2.24, 2.45) is 4.99 Å². The Bertz CT molecular complexity index is 1350. The third-order valence-corrected chi connectivity index (χ3v) is 9.10. The molecule has 0 atom stereocenters. The molecule has 0 N–H and O–H groups in total. The van der Waals surface area contributed by atoms with Crippen molar-refractivity contribution in [3.63, 3.8) is 0 Å². The number of rotatable bonds is 9. The van der Waals surface area contributed by atoms with Gasteiger partial charge in [0.05, 0.1) is 15.3 Å². The van der Waals surface area contributed by atoms with Crippen LogP contribution in [0.1, 0.15) is 6.42 Å². The van der Waals surface area contributed by atoms with E-state index < -0.39 is 0 Å². The number of thioether (sulfide) groups is 3. The number of nitrogens with zero attached hydrogens (tertiary/aromatic N) is 1. The Labute approximate surface area is 232 Å². The van der Waals surface area contributed by atoms with Crippen molar-refractivity contribution in [1.82, 2.24) is 0 Å². The summed E-state index contributed by atoms with van der Waals surface area (Å²) >= 11 is 5.56. The standard InChI is InChI=1S/C33H27NS3/c1-5-13-26(14-6-1)27-21-23-28(24-22-27)34-32(35-29-15-7-2-8-16-29)25-33(36-30-17-9-3-10-18-30)37-31-19-11-4-12-20-31/h1-24,33H,25H2. The number of hydrogen-bond acceptors (Lipinski definition) is 4. The highest BCUT2D eigenvalue weighted by atomic mass is 32.2.